The molecule has 1 fully saturated rings. The molecule has 1 aromatic carbocycles. The second-order valence-electron chi connectivity index (χ2n) is 6.82. The lowest BCUT2D eigenvalue weighted by molar-refractivity contribution is 0.356. The Morgan fingerprint density at radius 1 is 1.21 bits per heavy atom. The molecular formula is C17H27NO. The number of ether oxygens (including phenoxy) is 1. The maximum atomic E-state index is 5.21. The Hall–Kier alpha value is -1.02. The Labute approximate surface area is 117 Å². The first kappa shape index (κ1) is 14.4. The second kappa shape index (κ2) is 5.54. The van der Waals surface area contributed by atoms with E-state index in [9.17, 15) is 0 Å². The molecule has 2 unspecified atom stereocenters. The van der Waals surface area contributed by atoms with Crippen molar-refractivity contribution < 1.29 is 4.74 Å². The molecule has 19 heavy (non-hydrogen) atoms. The smallest absolute Gasteiger partial charge is 0.118 e. The van der Waals surface area contributed by atoms with Crippen molar-refractivity contribution in [2.24, 2.45) is 11.3 Å². The molecule has 0 aromatic heterocycles. The Bertz CT molecular complexity index is 410. The minimum atomic E-state index is 0.396. The summed E-state index contributed by atoms with van der Waals surface area (Å²) in [5, 5.41) is 3.80. The molecule has 0 aliphatic heterocycles. The Morgan fingerprint density at radius 3 is 2.32 bits per heavy atom. The van der Waals surface area contributed by atoms with Crippen LogP contribution in [-0.4, -0.2) is 13.2 Å². The molecule has 2 rings (SSSR count). The molecule has 1 aliphatic rings. The number of benzene rings is 1. The van der Waals surface area contributed by atoms with Crippen molar-refractivity contribution in [2.75, 3.05) is 7.11 Å². The molecule has 0 spiro atoms. The van der Waals surface area contributed by atoms with Gasteiger partial charge in [0.05, 0.1) is 7.11 Å². The molecule has 106 valence electrons. The van der Waals surface area contributed by atoms with Gasteiger partial charge in [-0.05, 0) is 48.8 Å². The Morgan fingerprint density at radius 2 is 1.84 bits per heavy atom. The predicted octanol–water partition coefficient (Wildman–Crippen LogP) is 4.17. The number of methoxy groups -OCH3 is 1. The van der Waals surface area contributed by atoms with Crippen molar-refractivity contribution in [3.63, 3.8) is 0 Å². The van der Waals surface area contributed by atoms with Crippen molar-refractivity contribution in [1.82, 2.24) is 5.32 Å². The molecule has 1 N–H and O–H groups in total. The molecule has 3 atom stereocenters. The average molecular weight is 261 g/mol. The van der Waals surface area contributed by atoms with E-state index < -0.39 is 0 Å². The molecule has 0 amide bonds. The van der Waals surface area contributed by atoms with E-state index in [0.29, 0.717) is 17.5 Å². The number of nitrogens with one attached hydrogen (secondary N) is 1. The summed E-state index contributed by atoms with van der Waals surface area (Å²) in [6.45, 7) is 9.37. The molecule has 1 aliphatic carbocycles. The van der Waals surface area contributed by atoms with Gasteiger partial charge in [0, 0.05) is 12.1 Å². The highest BCUT2D eigenvalue weighted by atomic mass is 16.5. The van der Waals surface area contributed by atoms with Gasteiger partial charge in [0.15, 0.2) is 0 Å². The van der Waals surface area contributed by atoms with Gasteiger partial charge in [-0.15, -0.1) is 0 Å². The number of rotatable bonds is 4. The highest BCUT2D eigenvalue weighted by Gasteiger charge is 2.36. The van der Waals surface area contributed by atoms with Gasteiger partial charge in [0.1, 0.15) is 5.75 Å². The van der Waals surface area contributed by atoms with Crippen LogP contribution in [0.1, 0.15) is 52.1 Å². The van der Waals surface area contributed by atoms with E-state index in [-0.39, 0.29) is 0 Å². The maximum Gasteiger partial charge on any atom is 0.118 e. The lowest BCUT2D eigenvalue weighted by atomic mass is 9.91. The SMILES string of the molecule is COc1ccc([C@H](C)NC2CC(C)(C)CC2C)cc1. The summed E-state index contributed by atoms with van der Waals surface area (Å²) >= 11 is 0. The summed E-state index contributed by atoms with van der Waals surface area (Å²) in [5.41, 5.74) is 1.81. The minimum Gasteiger partial charge on any atom is -0.497 e. The van der Waals surface area contributed by atoms with Crippen LogP contribution < -0.4 is 10.1 Å². The van der Waals surface area contributed by atoms with Gasteiger partial charge >= 0.3 is 0 Å². The zero-order valence-electron chi connectivity index (χ0n) is 12.9. The summed E-state index contributed by atoms with van der Waals surface area (Å²) < 4.78 is 5.21. The van der Waals surface area contributed by atoms with E-state index in [4.69, 9.17) is 4.74 Å². The molecule has 0 bridgehead atoms. The maximum absolute atomic E-state index is 5.21. The van der Waals surface area contributed by atoms with E-state index in [2.05, 4.69) is 45.1 Å². The molecule has 1 aromatic rings. The van der Waals surface area contributed by atoms with E-state index >= 15 is 0 Å². The fourth-order valence-corrected chi connectivity index (χ4v) is 3.43. The molecule has 2 heteroatoms. The molecular weight excluding hydrogens is 234 g/mol. The molecule has 0 radical (unpaired) electrons. The van der Waals surface area contributed by atoms with Crippen LogP contribution in [0.15, 0.2) is 24.3 Å². The topological polar surface area (TPSA) is 21.3 Å². The van der Waals surface area contributed by atoms with Gasteiger partial charge in [-0.25, -0.2) is 0 Å². The quantitative estimate of drug-likeness (QED) is 0.878. The first-order valence-corrected chi connectivity index (χ1v) is 7.31. The van der Waals surface area contributed by atoms with Crippen LogP contribution in [0.5, 0.6) is 5.75 Å². The van der Waals surface area contributed by atoms with Crippen LogP contribution in [0.3, 0.4) is 0 Å². The lowest BCUT2D eigenvalue weighted by Gasteiger charge is -2.24. The van der Waals surface area contributed by atoms with Crippen molar-refractivity contribution in [3.05, 3.63) is 29.8 Å². The third-order valence-corrected chi connectivity index (χ3v) is 4.41. The van der Waals surface area contributed by atoms with Gasteiger partial charge < -0.3 is 10.1 Å². The molecule has 0 heterocycles. The van der Waals surface area contributed by atoms with Gasteiger partial charge in [-0.3, -0.25) is 0 Å². The van der Waals surface area contributed by atoms with Crippen LogP contribution in [-0.2, 0) is 0 Å². The van der Waals surface area contributed by atoms with E-state index in [1.54, 1.807) is 7.11 Å². The fraction of sp³-hybridized carbons (Fsp3) is 0.647. The summed E-state index contributed by atoms with van der Waals surface area (Å²) in [6.07, 6.45) is 2.59. The standard InChI is InChI=1S/C17H27NO/c1-12-10-17(3,4)11-16(12)18-13(2)14-6-8-15(19-5)9-7-14/h6-9,12-13,16,18H,10-11H2,1-5H3/t12?,13-,16?/m0/s1. The van der Waals surface area contributed by atoms with Gasteiger partial charge in [0.2, 0.25) is 0 Å². The van der Waals surface area contributed by atoms with Gasteiger partial charge in [-0.2, -0.15) is 0 Å². The normalized spacial score (nSPS) is 27.2. The summed E-state index contributed by atoms with van der Waals surface area (Å²) in [4.78, 5) is 0. The van der Waals surface area contributed by atoms with Crippen LogP contribution in [0, 0.1) is 11.3 Å². The van der Waals surface area contributed by atoms with Crippen LogP contribution >= 0.6 is 0 Å². The predicted molar refractivity (Wildman–Crippen MR) is 80.5 cm³/mol. The van der Waals surface area contributed by atoms with Gasteiger partial charge in [-0.1, -0.05) is 32.9 Å². The van der Waals surface area contributed by atoms with Crippen molar-refractivity contribution >= 4 is 0 Å². The highest BCUT2D eigenvalue weighted by molar-refractivity contribution is 5.28. The van der Waals surface area contributed by atoms with E-state index in [0.717, 1.165) is 11.7 Å². The zero-order valence-corrected chi connectivity index (χ0v) is 12.9. The number of hydrogen-bond acceptors (Lipinski definition) is 2. The van der Waals surface area contributed by atoms with E-state index in [1.165, 1.54) is 18.4 Å². The molecule has 1 saturated carbocycles. The first-order chi connectivity index (χ1) is 8.91. The van der Waals surface area contributed by atoms with Crippen LogP contribution in [0.4, 0.5) is 0 Å². The lowest BCUT2D eigenvalue weighted by Crippen LogP contribution is -2.33. The molecule has 2 nitrogen and oxygen atoms in total. The summed E-state index contributed by atoms with van der Waals surface area (Å²) in [7, 11) is 1.71. The van der Waals surface area contributed by atoms with Crippen molar-refractivity contribution in [3.8, 4) is 5.75 Å². The van der Waals surface area contributed by atoms with Gasteiger partial charge in [0.25, 0.3) is 0 Å². The highest BCUT2D eigenvalue weighted by Crippen LogP contribution is 2.41. The molecule has 0 saturated heterocycles. The van der Waals surface area contributed by atoms with E-state index in [1.807, 2.05) is 12.1 Å². The largest absolute Gasteiger partial charge is 0.497 e. The third kappa shape index (κ3) is 3.50. The van der Waals surface area contributed by atoms with Crippen LogP contribution in [0.2, 0.25) is 0 Å². The van der Waals surface area contributed by atoms with Crippen molar-refractivity contribution in [1.29, 1.82) is 0 Å². The fourth-order valence-electron chi connectivity index (χ4n) is 3.43. The minimum absolute atomic E-state index is 0.396. The van der Waals surface area contributed by atoms with Crippen molar-refractivity contribution in [2.45, 2.75) is 52.6 Å². The first-order valence-electron chi connectivity index (χ1n) is 7.31. The summed E-state index contributed by atoms with van der Waals surface area (Å²) in [6, 6.07) is 9.41. The number of hydrogen-bond donors (Lipinski definition) is 1. The van der Waals surface area contributed by atoms with Crippen LogP contribution in [0.25, 0.3) is 0 Å². The average Bonchev–Trinajstić information content (AvgIpc) is 2.62. The zero-order chi connectivity index (χ0) is 14.0. The Balaban J connectivity index is 1.98. The summed E-state index contributed by atoms with van der Waals surface area (Å²) in [5.74, 6) is 1.68. The Kier molecular flexibility index (Phi) is 4.19. The third-order valence-electron chi connectivity index (χ3n) is 4.41. The monoisotopic (exact) mass is 261 g/mol. The second-order valence-corrected chi connectivity index (χ2v) is 6.82.